The van der Waals surface area contributed by atoms with Gasteiger partial charge in [0.2, 0.25) is 11.9 Å². The van der Waals surface area contributed by atoms with Gasteiger partial charge in [0.1, 0.15) is 0 Å². The van der Waals surface area contributed by atoms with Crippen LogP contribution in [0.3, 0.4) is 0 Å². The Morgan fingerprint density at radius 3 is 2.96 bits per heavy atom. The fourth-order valence-corrected chi connectivity index (χ4v) is 3.44. The number of carbonyl (C=O) groups excluding carboxylic acids is 1. The SMILES string of the molecule is NCCCc1cccc(Nc2ncc3c(n2)-c2ccc(Cl)cc2NC(=O)C3)c1. The van der Waals surface area contributed by atoms with E-state index in [1.54, 1.807) is 18.3 Å². The predicted octanol–water partition coefficient (Wildman–Crippen LogP) is 3.93. The van der Waals surface area contributed by atoms with Crippen LogP contribution in [0.1, 0.15) is 17.5 Å². The molecule has 142 valence electrons. The van der Waals surface area contributed by atoms with Crippen molar-refractivity contribution in [3.05, 3.63) is 64.8 Å². The highest BCUT2D eigenvalue weighted by atomic mass is 35.5. The predicted molar refractivity (Wildman–Crippen MR) is 112 cm³/mol. The molecule has 1 aliphatic rings. The average molecular weight is 394 g/mol. The highest BCUT2D eigenvalue weighted by Crippen LogP contribution is 2.34. The molecule has 7 heteroatoms. The number of anilines is 3. The van der Waals surface area contributed by atoms with E-state index in [9.17, 15) is 4.79 Å². The maximum Gasteiger partial charge on any atom is 0.228 e. The van der Waals surface area contributed by atoms with E-state index < -0.39 is 0 Å². The molecule has 0 radical (unpaired) electrons. The van der Waals surface area contributed by atoms with E-state index in [0.717, 1.165) is 35.3 Å². The third-order valence-electron chi connectivity index (χ3n) is 4.58. The number of amides is 1. The molecule has 0 unspecified atom stereocenters. The summed E-state index contributed by atoms with van der Waals surface area (Å²) in [6, 6.07) is 13.5. The third-order valence-corrected chi connectivity index (χ3v) is 4.81. The van der Waals surface area contributed by atoms with Crippen LogP contribution >= 0.6 is 11.6 Å². The van der Waals surface area contributed by atoms with E-state index in [1.165, 1.54) is 5.56 Å². The van der Waals surface area contributed by atoms with Gasteiger partial charge in [-0.3, -0.25) is 4.79 Å². The molecule has 2 heterocycles. The van der Waals surface area contributed by atoms with Crippen LogP contribution in [0.2, 0.25) is 5.02 Å². The lowest BCUT2D eigenvalue weighted by molar-refractivity contribution is -0.115. The van der Waals surface area contributed by atoms with Gasteiger partial charge in [-0.15, -0.1) is 0 Å². The summed E-state index contributed by atoms with van der Waals surface area (Å²) in [7, 11) is 0. The molecule has 0 saturated heterocycles. The average Bonchev–Trinajstić information content (AvgIpc) is 2.81. The summed E-state index contributed by atoms with van der Waals surface area (Å²) in [5.41, 5.74) is 10.7. The number of nitrogens with zero attached hydrogens (tertiary/aromatic N) is 2. The Morgan fingerprint density at radius 1 is 1.21 bits per heavy atom. The lowest BCUT2D eigenvalue weighted by atomic mass is 10.1. The lowest BCUT2D eigenvalue weighted by Gasteiger charge is -2.11. The molecule has 1 amide bonds. The van der Waals surface area contributed by atoms with Crippen LogP contribution in [0, 0.1) is 0 Å². The number of hydrogen-bond donors (Lipinski definition) is 3. The fourth-order valence-electron chi connectivity index (χ4n) is 3.26. The molecule has 2 aromatic carbocycles. The van der Waals surface area contributed by atoms with Gasteiger partial charge in [0.25, 0.3) is 0 Å². The van der Waals surface area contributed by atoms with Gasteiger partial charge < -0.3 is 16.4 Å². The standard InChI is InChI=1S/C21H20ClN5O/c22-15-6-7-17-18(11-15)26-19(28)10-14-12-24-21(27-20(14)17)25-16-5-1-3-13(9-16)4-2-8-23/h1,3,5-7,9,11-12H,2,4,8,10,23H2,(H,26,28)(H,24,25,27). The van der Waals surface area contributed by atoms with Gasteiger partial charge >= 0.3 is 0 Å². The summed E-state index contributed by atoms with van der Waals surface area (Å²) in [6.07, 6.45) is 3.79. The van der Waals surface area contributed by atoms with Crippen molar-refractivity contribution in [1.29, 1.82) is 0 Å². The van der Waals surface area contributed by atoms with E-state index in [4.69, 9.17) is 17.3 Å². The van der Waals surface area contributed by atoms with Crippen LogP contribution < -0.4 is 16.4 Å². The topological polar surface area (TPSA) is 92.9 Å². The molecule has 0 aliphatic carbocycles. The summed E-state index contributed by atoms with van der Waals surface area (Å²) >= 11 is 6.09. The van der Waals surface area contributed by atoms with Gasteiger partial charge in [-0.1, -0.05) is 23.7 Å². The molecular weight excluding hydrogens is 374 g/mol. The Kier molecular flexibility index (Phi) is 5.23. The molecule has 4 N–H and O–H groups in total. The van der Waals surface area contributed by atoms with Gasteiger partial charge in [-0.25, -0.2) is 9.97 Å². The van der Waals surface area contributed by atoms with Crippen LogP contribution in [0.4, 0.5) is 17.3 Å². The summed E-state index contributed by atoms with van der Waals surface area (Å²) in [5.74, 6) is 0.365. The number of benzene rings is 2. The minimum atomic E-state index is -0.112. The maximum atomic E-state index is 12.2. The summed E-state index contributed by atoms with van der Waals surface area (Å²) < 4.78 is 0. The minimum absolute atomic E-state index is 0.112. The van der Waals surface area contributed by atoms with E-state index in [-0.39, 0.29) is 12.3 Å². The molecular formula is C21H20ClN5O. The first-order valence-corrected chi connectivity index (χ1v) is 9.52. The number of aromatic nitrogens is 2. The van der Waals surface area contributed by atoms with Crippen molar-refractivity contribution in [3.63, 3.8) is 0 Å². The normalized spacial score (nSPS) is 12.6. The van der Waals surface area contributed by atoms with E-state index in [2.05, 4.69) is 32.7 Å². The Labute approximate surface area is 168 Å². The zero-order valence-corrected chi connectivity index (χ0v) is 16.0. The summed E-state index contributed by atoms with van der Waals surface area (Å²) in [6.45, 7) is 0.668. The number of aryl methyl sites for hydroxylation is 1. The number of rotatable bonds is 5. The van der Waals surface area contributed by atoms with Gasteiger partial charge in [-0.05, 0) is 55.3 Å². The molecule has 0 saturated carbocycles. The second kappa shape index (κ2) is 7.96. The Bertz CT molecular complexity index is 1040. The molecule has 0 bridgehead atoms. The Morgan fingerprint density at radius 2 is 2.11 bits per heavy atom. The van der Waals surface area contributed by atoms with Crippen molar-refractivity contribution in [2.24, 2.45) is 5.73 Å². The van der Waals surface area contributed by atoms with Gasteiger partial charge in [-0.2, -0.15) is 0 Å². The summed E-state index contributed by atoms with van der Waals surface area (Å²) in [5, 5.41) is 6.70. The van der Waals surface area contributed by atoms with Crippen molar-refractivity contribution in [2.75, 3.05) is 17.2 Å². The van der Waals surface area contributed by atoms with Crippen molar-refractivity contribution >= 4 is 34.8 Å². The van der Waals surface area contributed by atoms with Crippen LogP contribution in [0.15, 0.2) is 48.7 Å². The molecule has 4 rings (SSSR count). The molecule has 1 aromatic heterocycles. The lowest BCUT2D eigenvalue weighted by Crippen LogP contribution is -2.12. The van der Waals surface area contributed by atoms with E-state index in [1.807, 2.05) is 18.2 Å². The minimum Gasteiger partial charge on any atom is -0.330 e. The van der Waals surface area contributed by atoms with Crippen LogP contribution in [-0.2, 0) is 17.6 Å². The second-order valence-electron chi connectivity index (χ2n) is 6.70. The fraction of sp³-hybridized carbons (Fsp3) is 0.190. The van der Waals surface area contributed by atoms with E-state index >= 15 is 0 Å². The van der Waals surface area contributed by atoms with Crippen molar-refractivity contribution < 1.29 is 4.79 Å². The number of hydrogen-bond acceptors (Lipinski definition) is 5. The number of nitrogens with two attached hydrogens (primary N) is 1. The molecule has 0 spiro atoms. The van der Waals surface area contributed by atoms with Gasteiger partial charge in [0.05, 0.1) is 17.8 Å². The number of carbonyl (C=O) groups is 1. The number of fused-ring (bicyclic) bond motifs is 3. The Hall–Kier alpha value is -2.96. The van der Waals surface area contributed by atoms with Crippen molar-refractivity contribution in [3.8, 4) is 11.3 Å². The molecule has 0 atom stereocenters. The summed E-state index contributed by atoms with van der Waals surface area (Å²) in [4.78, 5) is 21.3. The highest BCUT2D eigenvalue weighted by Gasteiger charge is 2.21. The van der Waals surface area contributed by atoms with E-state index in [0.29, 0.717) is 23.2 Å². The molecule has 3 aromatic rings. The first-order valence-electron chi connectivity index (χ1n) is 9.14. The maximum absolute atomic E-state index is 12.2. The largest absolute Gasteiger partial charge is 0.330 e. The molecule has 1 aliphatic heterocycles. The quantitative estimate of drug-likeness (QED) is 0.610. The highest BCUT2D eigenvalue weighted by molar-refractivity contribution is 6.31. The molecule has 6 nitrogen and oxygen atoms in total. The van der Waals surface area contributed by atoms with Gasteiger partial charge in [0.15, 0.2) is 0 Å². The van der Waals surface area contributed by atoms with Crippen molar-refractivity contribution in [1.82, 2.24) is 9.97 Å². The number of nitrogens with one attached hydrogen (secondary N) is 2. The molecule has 28 heavy (non-hydrogen) atoms. The van der Waals surface area contributed by atoms with Crippen molar-refractivity contribution in [2.45, 2.75) is 19.3 Å². The monoisotopic (exact) mass is 393 g/mol. The zero-order valence-electron chi connectivity index (χ0n) is 15.2. The zero-order chi connectivity index (χ0) is 19.5. The third kappa shape index (κ3) is 3.98. The number of halogens is 1. The first-order chi connectivity index (χ1) is 13.6. The first kappa shape index (κ1) is 18.4. The van der Waals surface area contributed by atoms with Crippen LogP contribution in [0.25, 0.3) is 11.3 Å². The molecule has 0 fully saturated rings. The van der Waals surface area contributed by atoms with Crippen LogP contribution in [-0.4, -0.2) is 22.4 Å². The smallest absolute Gasteiger partial charge is 0.228 e. The Balaban J connectivity index is 1.68. The van der Waals surface area contributed by atoms with Crippen LogP contribution in [0.5, 0.6) is 0 Å². The van der Waals surface area contributed by atoms with Gasteiger partial charge in [0, 0.05) is 28.0 Å². The second-order valence-corrected chi connectivity index (χ2v) is 7.14.